The molecule has 0 aromatic carbocycles. The minimum absolute atomic E-state index is 0.360. The predicted molar refractivity (Wildman–Crippen MR) is 66.8 cm³/mol. The van der Waals surface area contributed by atoms with Crippen LogP contribution in [-0.4, -0.2) is 30.8 Å². The van der Waals surface area contributed by atoms with Gasteiger partial charge in [-0.05, 0) is 32.7 Å². The number of nitrogens with one attached hydrogen (secondary N) is 1. The first-order valence-electron chi connectivity index (χ1n) is 6.02. The SMILES string of the molecule is CCOC(C1CC1)C(Cc1nccs1)NC. The van der Waals surface area contributed by atoms with E-state index in [1.807, 2.05) is 18.6 Å². The van der Waals surface area contributed by atoms with Crippen LogP contribution in [0.2, 0.25) is 0 Å². The average Bonchev–Trinajstić information content (AvgIpc) is 3.01. The third-order valence-electron chi connectivity index (χ3n) is 3.09. The molecule has 1 aliphatic carbocycles. The molecule has 0 bridgehead atoms. The molecule has 3 nitrogen and oxygen atoms in total. The second kappa shape index (κ2) is 5.75. The summed E-state index contributed by atoms with van der Waals surface area (Å²) < 4.78 is 5.88. The normalized spacial score (nSPS) is 19.6. The van der Waals surface area contributed by atoms with Crippen LogP contribution in [0.1, 0.15) is 24.8 Å². The summed E-state index contributed by atoms with van der Waals surface area (Å²) in [6, 6.07) is 0.401. The van der Waals surface area contributed by atoms with Gasteiger partial charge in [0.25, 0.3) is 0 Å². The zero-order valence-corrected chi connectivity index (χ0v) is 10.8. The zero-order valence-electron chi connectivity index (χ0n) is 9.98. The van der Waals surface area contributed by atoms with E-state index in [2.05, 4.69) is 17.2 Å². The number of rotatable bonds is 7. The Labute approximate surface area is 101 Å². The van der Waals surface area contributed by atoms with Crippen molar-refractivity contribution in [3.63, 3.8) is 0 Å². The first-order valence-corrected chi connectivity index (χ1v) is 6.90. The van der Waals surface area contributed by atoms with E-state index in [-0.39, 0.29) is 0 Å². The van der Waals surface area contributed by atoms with E-state index in [9.17, 15) is 0 Å². The van der Waals surface area contributed by atoms with Gasteiger partial charge in [0.1, 0.15) is 0 Å². The summed E-state index contributed by atoms with van der Waals surface area (Å²) in [5.74, 6) is 0.761. The van der Waals surface area contributed by atoms with E-state index < -0.39 is 0 Å². The maximum Gasteiger partial charge on any atom is 0.0941 e. The summed E-state index contributed by atoms with van der Waals surface area (Å²) in [6.45, 7) is 2.88. The number of aromatic nitrogens is 1. The molecule has 0 spiro atoms. The van der Waals surface area contributed by atoms with Crippen molar-refractivity contribution in [2.24, 2.45) is 5.92 Å². The predicted octanol–water partition coefficient (Wildman–Crippen LogP) is 2.09. The van der Waals surface area contributed by atoms with E-state index in [1.165, 1.54) is 17.8 Å². The van der Waals surface area contributed by atoms with E-state index >= 15 is 0 Å². The van der Waals surface area contributed by atoms with Gasteiger partial charge in [0.2, 0.25) is 0 Å². The van der Waals surface area contributed by atoms with Crippen molar-refractivity contribution in [2.75, 3.05) is 13.7 Å². The van der Waals surface area contributed by atoms with Gasteiger partial charge in [0, 0.05) is 30.6 Å². The third-order valence-corrected chi connectivity index (χ3v) is 3.89. The van der Waals surface area contributed by atoms with Gasteiger partial charge >= 0.3 is 0 Å². The van der Waals surface area contributed by atoms with Gasteiger partial charge in [-0.25, -0.2) is 4.98 Å². The summed E-state index contributed by atoms with van der Waals surface area (Å²) in [7, 11) is 2.02. The molecule has 2 rings (SSSR count). The maximum absolute atomic E-state index is 5.88. The number of likely N-dealkylation sites (N-methyl/N-ethyl adjacent to an activating group) is 1. The zero-order chi connectivity index (χ0) is 11.4. The molecule has 1 N–H and O–H groups in total. The number of ether oxygens (including phenoxy) is 1. The molecular weight excluding hydrogens is 220 g/mol. The van der Waals surface area contributed by atoms with E-state index in [1.54, 1.807) is 11.3 Å². The van der Waals surface area contributed by atoms with Gasteiger partial charge in [-0.3, -0.25) is 0 Å². The summed E-state index contributed by atoms with van der Waals surface area (Å²) in [5, 5.41) is 6.62. The maximum atomic E-state index is 5.88. The molecule has 90 valence electrons. The smallest absolute Gasteiger partial charge is 0.0941 e. The third kappa shape index (κ3) is 3.03. The number of hydrogen-bond donors (Lipinski definition) is 1. The van der Waals surface area contributed by atoms with Crippen molar-refractivity contribution >= 4 is 11.3 Å². The Hall–Kier alpha value is -0.450. The highest BCUT2D eigenvalue weighted by molar-refractivity contribution is 7.09. The minimum Gasteiger partial charge on any atom is -0.377 e. The fraction of sp³-hybridized carbons (Fsp3) is 0.750. The number of hydrogen-bond acceptors (Lipinski definition) is 4. The number of nitrogens with zero attached hydrogens (tertiary/aromatic N) is 1. The topological polar surface area (TPSA) is 34.1 Å². The Morgan fingerprint density at radius 3 is 2.94 bits per heavy atom. The van der Waals surface area contributed by atoms with Crippen molar-refractivity contribution in [3.8, 4) is 0 Å². The van der Waals surface area contributed by atoms with Crippen LogP contribution < -0.4 is 5.32 Å². The molecular formula is C12H20N2OS. The molecule has 1 fully saturated rings. The van der Waals surface area contributed by atoms with Crippen LogP contribution in [0.15, 0.2) is 11.6 Å². The Balaban J connectivity index is 1.95. The van der Waals surface area contributed by atoms with Crippen LogP contribution in [0.3, 0.4) is 0 Å². The fourth-order valence-electron chi connectivity index (χ4n) is 2.12. The van der Waals surface area contributed by atoms with Gasteiger partial charge in [-0.1, -0.05) is 0 Å². The Kier molecular flexibility index (Phi) is 4.32. The standard InChI is InChI=1S/C12H20N2OS/c1-3-15-12(9-4-5-9)10(13-2)8-11-14-6-7-16-11/h6-7,9-10,12-13H,3-5,8H2,1-2H3. The molecule has 4 heteroatoms. The summed E-state index contributed by atoms with van der Waals surface area (Å²) >= 11 is 1.73. The van der Waals surface area contributed by atoms with Gasteiger partial charge in [-0.15, -0.1) is 11.3 Å². The summed E-state index contributed by atoms with van der Waals surface area (Å²) in [5.41, 5.74) is 0. The van der Waals surface area contributed by atoms with Crippen LogP contribution in [0.4, 0.5) is 0 Å². The molecule has 1 heterocycles. The first-order chi connectivity index (χ1) is 7.85. The molecule has 0 amide bonds. The molecule has 1 aromatic heterocycles. The Morgan fingerprint density at radius 2 is 2.44 bits per heavy atom. The number of thiazole rings is 1. The highest BCUT2D eigenvalue weighted by Crippen LogP contribution is 2.36. The van der Waals surface area contributed by atoms with Crippen LogP contribution in [-0.2, 0) is 11.2 Å². The van der Waals surface area contributed by atoms with Crippen molar-refractivity contribution < 1.29 is 4.74 Å². The summed E-state index contributed by atoms with van der Waals surface area (Å²) in [6.07, 6.45) is 5.86. The van der Waals surface area contributed by atoms with Gasteiger partial charge in [0.05, 0.1) is 11.1 Å². The molecule has 0 aliphatic heterocycles. The van der Waals surface area contributed by atoms with E-state index in [4.69, 9.17) is 4.74 Å². The monoisotopic (exact) mass is 240 g/mol. The second-order valence-corrected chi connectivity index (χ2v) is 5.26. The highest BCUT2D eigenvalue weighted by atomic mass is 32.1. The summed E-state index contributed by atoms with van der Waals surface area (Å²) in [4.78, 5) is 4.35. The molecule has 1 aliphatic rings. The van der Waals surface area contributed by atoms with Crippen molar-refractivity contribution in [2.45, 2.75) is 38.3 Å². The molecule has 0 radical (unpaired) electrons. The molecule has 2 unspecified atom stereocenters. The van der Waals surface area contributed by atoms with E-state index in [0.717, 1.165) is 18.9 Å². The lowest BCUT2D eigenvalue weighted by molar-refractivity contribution is 0.0211. The fourth-order valence-corrected chi connectivity index (χ4v) is 2.80. The van der Waals surface area contributed by atoms with Crippen LogP contribution in [0.25, 0.3) is 0 Å². The molecule has 0 saturated heterocycles. The molecule has 1 aromatic rings. The lowest BCUT2D eigenvalue weighted by atomic mass is 10.0. The molecule has 16 heavy (non-hydrogen) atoms. The Morgan fingerprint density at radius 1 is 1.62 bits per heavy atom. The lowest BCUT2D eigenvalue weighted by Gasteiger charge is -2.26. The van der Waals surface area contributed by atoms with Gasteiger partial charge in [-0.2, -0.15) is 0 Å². The second-order valence-electron chi connectivity index (χ2n) is 4.28. The van der Waals surface area contributed by atoms with Crippen molar-refractivity contribution in [1.82, 2.24) is 10.3 Å². The van der Waals surface area contributed by atoms with Crippen LogP contribution >= 0.6 is 11.3 Å². The van der Waals surface area contributed by atoms with Crippen molar-refractivity contribution in [3.05, 3.63) is 16.6 Å². The quantitative estimate of drug-likeness (QED) is 0.792. The van der Waals surface area contributed by atoms with Crippen LogP contribution in [0.5, 0.6) is 0 Å². The largest absolute Gasteiger partial charge is 0.377 e. The molecule has 1 saturated carbocycles. The highest BCUT2D eigenvalue weighted by Gasteiger charge is 2.36. The van der Waals surface area contributed by atoms with Crippen LogP contribution in [0, 0.1) is 5.92 Å². The van der Waals surface area contributed by atoms with E-state index in [0.29, 0.717) is 12.1 Å². The van der Waals surface area contributed by atoms with Crippen molar-refractivity contribution in [1.29, 1.82) is 0 Å². The molecule has 2 atom stereocenters. The Bertz CT molecular complexity index is 298. The van der Waals surface area contributed by atoms with Gasteiger partial charge < -0.3 is 10.1 Å². The lowest BCUT2D eigenvalue weighted by Crippen LogP contribution is -2.42. The van der Waals surface area contributed by atoms with Gasteiger partial charge in [0.15, 0.2) is 0 Å². The first kappa shape index (κ1) is 12.0. The average molecular weight is 240 g/mol. The minimum atomic E-state index is 0.360.